The third-order valence-electron chi connectivity index (χ3n) is 13.0. The molecule has 6 atom stereocenters. The Morgan fingerprint density at radius 1 is 0.621 bits per heavy atom. The largest absolute Gasteiger partial charge is 1.00 e. The molecule has 16 nitrogen and oxygen atoms in total. The summed E-state index contributed by atoms with van der Waals surface area (Å²) in [7, 11) is 0. The molecule has 2 amide bonds. The summed E-state index contributed by atoms with van der Waals surface area (Å²) < 4.78 is -1.77. The fourth-order valence-corrected chi connectivity index (χ4v) is 13.4. The fourth-order valence-electron chi connectivity index (χ4n) is 10.2. The maximum Gasteiger partial charge on any atom is 1.00 e. The number of hydrogen-bond donors (Lipinski definition) is 6. The van der Waals surface area contributed by atoms with E-state index >= 15 is 0 Å². The Bertz CT molecular complexity index is 2680. The van der Waals surface area contributed by atoms with Gasteiger partial charge in [-0.05, 0) is 75.3 Å². The Kier molecular flexibility index (Phi) is 14.6. The molecule has 338 valence electrons. The van der Waals surface area contributed by atoms with Crippen LogP contribution in [0.5, 0.6) is 34.5 Å². The second-order valence-corrected chi connectivity index (χ2v) is 22.2. The van der Waals surface area contributed by atoms with Gasteiger partial charge in [0.15, 0.2) is 35.1 Å². The van der Waals surface area contributed by atoms with E-state index in [0.29, 0.717) is 33.0 Å². The summed E-state index contributed by atoms with van der Waals surface area (Å²) >= 11 is 2.49. The van der Waals surface area contributed by atoms with Gasteiger partial charge in [0, 0.05) is 66.1 Å². The average molecular weight is 991 g/mol. The van der Waals surface area contributed by atoms with E-state index in [2.05, 4.69) is 9.98 Å². The molecular weight excluding hydrogens is 943 g/mol. The molecule has 0 bridgehead atoms. The molecule has 4 fully saturated rings. The number of thioether (sulfide) groups is 2. The first-order valence-corrected chi connectivity index (χ1v) is 22.5. The van der Waals surface area contributed by atoms with E-state index in [4.69, 9.17) is 0 Å². The van der Waals surface area contributed by atoms with Crippen molar-refractivity contribution in [2.45, 2.75) is 125 Å². The fraction of sp³-hybridized carbons (Fsp3) is 0.435. The number of hydrogen-bond acceptors (Lipinski definition) is 16. The number of aliphatic imine (C=N–C) groups is 2. The van der Waals surface area contributed by atoms with Crippen molar-refractivity contribution in [2.24, 2.45) is 9.98 Å². The van der Waals surface area contributed by atoms with Crippen LogP contribution in [0.15, 0.2) is 22.1 Å². The molecule has 0 unspecified atom stereocenters. The normalized spacial score (nSPS) is 23.9. The Labute approximate surface area is 474 Å². The van der Waals surface area contributed by atoms with Crippen molar-refractivity contribution in [2.75, 3.05) is 0 Å². The number of fused-ring (bicyclic) bond motifs is 4. The number of carboxylic acids is 2. The van der Waals surface area contributed by atoms with E-state index in [1.807, 2.05) is 0 Å². The maximum atomic E-state index is 13.4. The Morgan fingerprint density at radius 2 is 0.939 bits per heavy atom. The number of β-lactam (4-membered cyclic amide) rings is 2. The van der Waals surface area contributed by atoms with Gasteiger partial charge in [-0.15, -0.1) is 23.5 Å². The van der Waals surface area contributed by atoms with Crippen molar-refractivity contribution >= 4 is 81.3 Å². The van der Waals surface area contributed by atoms with Crippen molar-refractivity contribution in [1.29, 1.82) is 0 Å². The van der Waals surface area contributed by atoms with Crippen LogP contribution in [0.2, 0.25) is 0 Å². The number of carbonyl (C=O) groups excluding carboxylic acids is 4. The molecule has 20 heteroatoms. The standard InChI is InChI=1S/C46H50N4O12S2.2K/c1-15(2)23-19-11-17(5)25(33(53)27(19)21(31(51)35(23)55)13-47-29-39(57)49-37(43(59)60)45(7,8)63-41(29)49)26-18(6)12-20-24(16(3)4)36(56)32(52)22(28(20)34(26)54)14-48-30-40(58)50-38(44(61)62)46(9,10)64-42(30)50;;/h11-16,29-30,37-38,41-42,51-56H,1-10H3,(H,59,60)(H,61,62);;/q;2*+1/p-2/t29-,30-,37+,38+,41-,42-;;/m1../s1. The Balaban J connectivity index is 0.00000360. The molecule has 0 aromatic heterocycles. The number of nitrogens with zero attached hydrogens (tertiary/aromatic N) is 4. The molecule has 4 aliphatic rings. The van der Waals surface area contributed by atoms with Gasteiger partial charge in [-0.3, -0.25) is 19.6 Å². The van der Waals surface area contributed by atoms with Gasteiger partial charge in [0.05, 0.1) is 24.0 Å². The predicted molar refractivity (Wildman–Crippen MR) is 239 cm³/mol. The number of amides is 2. The van der Waals surface area contributed by atoms with Gasteiger partial charge in [-0.2, -0.15) is 0 Å². The second-order valence-electron chi connectivity index (χ2n) is 18.6. The number of carbonyl (C=O) groups is 4. The van der Waals surface area contributed by atoms with Crippen LogP contribution in [-0.4, -0.2) is 121 Å². The van der Waals surface area contributed by atoms with Crippen molar-refractivity contribution in [1.82, 2.24) is 9.80 Å². The van der Waals surface area contributed by atoms with Crippen molar-refractivity contribution in [3.63, 3.8) is 0 Å². The van der Waals surface area contributed by atoms with Gasteiger partial charge in [-0.25, -0.2) is 0 Å². The van der Waals surface area contributed by atoms with Crippen LogP contribution in [-0.2, 0) is 19.2 Å². The SMILES string of the molecule is Cc1cc2c(C(C)C)c(O)c(O)c(C=N[C@@H]3C(=O)N4[C@@H]3SC(C)(C)[C@@H]4C(=O)[O-])c2c(O)c1-c1c(C)cc2c(C(C)C)c(O)c(O)c(C=N[C@@H]3C(=O)N4[C@@H]3SC(C)(C)[C@@H]4C(=O)[O-])c2c1O.[K+].[K+]. The van der Waals surface area contributed by atoms with E-state index in [1.54, 1.807) is 81.4 Å². The van der Waals surface area contributed by atoms with E-state index in [9.17, 15) is 60.0 Å². The minimum atomic E-state index is -1.40. The van der Waals surface area contributed by atoms with Crippen LogP contribution in [0.1, 0.15) is 101 Å². The minimum Gasteiger partial charge on any atom is -0.548 e. The van der Waals surface area contributed by atoms with Gasteiger partial charge in [0.2, 0.25) is 0 Å². The van der Waals surface area contributed by atoms with Gasteiger partial charge in [0.1, 0.15) is 22.2 Å². The molecule has 4 saturated heterocycles. The summed E-state index contributed by atoms with van der Waals surface area (Å²) in [5.74, 6) is -7.81. The molecule has 4 aromatic rings. The number of aliphatic carboxylic acids is 2. The van der Waals surface area contributed by atoms with E-state index in [-0.39, 0.29) is 148 Å². The molecule has 0 saturated carbocycles. The summed E-state index contributed by atoms with van der Waals surface area (Å²) in [4.78, 5) is 62.2. The molecule has 0 spiro atoms. The molecular formula is C46H48K2N4O12S2. The molecule has 0 aliphatic carbocycles. The maximum absolute atomic E-state index is 13.4. The first-order chi connectivity index (χ1) is 29.8. The first kappa shape index (κ1) is 52.8. The number of phenolic OH excluding ortho intramolecular Hbond substituents is 6. The quantitative estimate of drug-likeness (QED) is 0.0457. The molecule has 4 aliphatic heterocycles. The summed E-state index contributed by atoms with van der Waals surface area (Å²) in [6, 6.07) is -1.14. The summed E-state index contributed by atoms with van der Waals surface area (Å²) in [6.45, 7) is 17.3. The molecule has 8 rings (SSSR count). The van der Waals surface area contributed by atoms with Crippen LogP contribution >= 0.6 is 23.5 Å². The van der Waals surface area contributed by atoms with Crippen LogP contribution in [0.4, 0.5) is 0 Å². The van der Waals surface area contributed by atoms with Gasteiger partial charge in [0.25, 0.3) is 11.8 Å². The van der Waals surface area contributed by atoms with Gasteiger partial charge >= 0.3 is 103 Å². The van der Waals surface area contributed by atoms with E-state index < -0.39 is 103 Å². The molecule has 66 heavy (non-hydrogen) atoms. The monoisotopic (exact) mass is 990 g/mol. The zero-order chi connectivity index (χ0) is 47.1. The summed E-state index contributed by atoms with van der Waals surface area (Å²) in [5.41, 5.74) is 1.33. The Hall–Kier alpha value is -2.61. The zero-order valence-electron chi connectivity index (χ0n) is 38.7. The molecule has 4 heterocycles. The number of benzene rings is 4. The second kappa shape index (κ2) is 18.3. The van der Waals surface area contributed by atoms with Crippen molar-refractivity contribution in [3.05, 3.63) is 45.5 Å². The topological polar surface area (TPSA) is 267 Å². The van der Waals surface area contributed by atoms with Crippen molar-refractivity contribution in [3.8, 4) is 45.6 Å². The summed E-state index contributed by atoms with van der Waals surface area (Å²) in [6.07, 6.45) is 2.33. The van der Waals surface area contributed by atoms with Crippen LogP contribution < -0.4 is 113 Å². The number of rotatable bonds is 9. The smallest absolute Gasteiger partial charge is 0.548 e. The Morgan fingerprint density at radius 3 is 1.23 bits per heavy atom. The van der Waals surface area contributed by atoms with Crippen LogP contribution in [0.25, 0.3) is 32.7 Å². The third kappa shape index (κ3) is 7.80. The summed E-state index contributed by atoms with van der Waals surface area (Å²) in [5, 5.41) is 94.6. The predicted octanol–water partition coefficient (Wildman–Crippen LogP) is -2.04. The molecule has 4 aromatic carbocycles. The number of phenols is 6. The molecule has 6 N–H and O–H groups in total. The average Bonchev–Trinajstić information content (AvgIpc) is 3.59. The van der Waals surface area contributed by atoms with Gasteiger partial charge < -0.3 is 60.2 Å². The van der Waals surface area contributed by atoms with Crippen LogP contribution in [0, 0.1) is 13.8 Å². The number of aromatic hydroxyl groups is 6. The van der Waals surface area contributed by atoms with Gasteiger partial charge in [-0.1, -0.05) is 39.8 Å². The van der Waals surface area contributed by atoms with Crippen LogP contribution in [0.3, 0.4) is 0 Å². The van der Waals surface area contributed by atoms with E-state index in [0.717, 1.165) is 0 Å². The minimum absolute atomic E-state index is 0. The zero-order valence-corrected chi connectivity index (χ0v) is 46.5. The first-order valence-electron chi connectivity index (χ1n) is 20.7. The number of aryl methyl sites for hydroxylation is 2. The third-order valence-corrected chi connectivity index (χ3v) is 16.1. The molecule has 0 radical (unpaired) electrons. The van der Waals surface area contributed by atoms with E-state index in [1.165, 1.54) is 45.8 Å². The van der Waals surface area contributed by atoms with Crippen molar-refractivity contribution < 1.29 is 163 Å². The number of carboxylic acid groups (broad SMARTS) is 2.